The van der Waals surface area contributed by atoms with Crippen molar-refractivity contribution < 1.29 is 8.78 Å². The molecule has 0 aliphatic carbocycles. The van der Waals surface area contributed by atoms with Crippen molar-refractivity contribution in [2.24, 2.45) is 0 Å². The fraction of sp³-hybridized carbons (Fsp3) is 0. The van der Waals surface area contributed by atoms with Crippen molar-refractivity contribution >= 4 is 65.2 Å². The summed E-state index contributed by atoms with van der Waals surface area (Å²) < 4.78 is 32.5. The van der Waals surface area contributed by atoms with Crippen LogP contribution in [0.2, 0.25) is 0 Å². The van der Waals surface area contributed by atoms with Gasteiger partial charge in [-0.2, -0.15) is 0 Å². The van der Waals surface area contributed by atoms with Crippen LogP contribution in [0.15, 0.2) is 115 Å². The molecule has 5 heteroatoms. The van der Waals surface area contributed by atoms with Crippen LogP contribution in [-0.4, -0.2) is 14.1 Å². The van der Waals surface area contributed by atoms with Gasteiger partial charge in [0, 0.05) is 50.3 Å². The van der Waals surface area contributed by atoms with Gasteiger partial charge in [0.05, 0.1) is 22.1 Å². The summed E-state index contributed by atoms with van der Waals surface area (Å²) in [5.41, 5.74) is 6.85. The summed E-state index contributed by atoms with van der Waals surface area (Å²) >= 11 is 0. The predicted molar refractivity (Wildman–Crippen MR) is 167 cm³/mol. The van der Waals surface area contributed by atoms with E-state index in [-0.39, 0.29) is 0 Å². The number of pyridine rings is 1. The van der Waals surface area contributed by atoms with Gasteiger partial charge < -0.3 is 4.57 Å². The Morgan fingerprint density at radius 3 is 1.48 bits per heavy atom. The van der Waals surface area contributed by atoms with Crippen molar-refractivity contribution in [2.45, 2.75) is 0 Å². The minimum absolute atomic E-state index is 0.519. The first-order valence-corrected chi connectivity index (χ1v) is 13.9. The zero-order valence-electron chi connectivity index (χ0n) is 22.1. The molecule has 0 bridgehead atoms. The second-order valence-electron chi connectivity index (χ2n) is 11.1. The van der Waals surface area contributed by atoms with E-state index in [1.54, 1.807) is 0 Å². The molecule has 0 saturated carbocycles. The van der Waals surface area contributed by atoms with Crippen LogP contribution in [0.4, 0.5) is 8.78 Å². The molecule has 10 aromatic rings. The van der Waals surface area contributed by atoms with Gasteiger partial charge in [-0.05, 0) is 82.6 Å². The maximum atomic E-state index is 13.9. The van der Waals surface area contributed by atoms with Gasteiger partial charge >= 0.3 is 0 Å². The van der Waals surface area contributed by atoms with E-state index in [4.69, 9.17) is 4.98 Å². The highest BCUT2D eigenvalue weighted by molar-refractivity contribution is 6.45. The molecule has 0 saturated heterocycles. The summed E-state index contributed by atoms with van der Waals surface area (Å²) in [6, 6.07) is 35.4. The Labute approximate surface area is 237 Å². The van der Waals surface area contributed by atoms with Gasteiger partial charge in [0.1, 0.15) is 17.5 Å². The maximum Gasteiger partial charge on any atom is 0.137 e. The fourth-order valence-electron chi connectivity index (χ4n) is 7.34. The van der Waals surface area contributed by atoms with Crippen LogP contribution < -0.4 is 0 Å². The molecule has 3 nitrogen and oxygen atoms in total. The highest BCUT2D eigenvalue weighted by Crippen LogP contribution is 2.51. The third-order valence-electron chi connectivity index (χ3n) is 8.95. The smallest absolute Gasteiger partial charge is 0.137 e. The van der Waals surface area contributed by atoms with Crippen LogP contribution in [-0.2, 0) is 0 Å². The van der Waals surface area contributed by atoms with Crippen LogP contribution in [0.5, 0.6) is 0 Å². The van der Waals surface area contributed by atoms with Crippen molar-refractivity contribution in [1.82, 2.24) is 14.1 Å². The molecule has 196 valence electrons. The number of aromatic nitrogens is 3. The zero-order chi connectivity index (χ0) is 27.7. The molecule has 0 unspecified atom stereocenters. The number of nitrogens with zero attached hydrogens (tertiary/aromatic N) is 3. The Kier molecular flexibility index (Phi) is 4.01. The summed E-state index contributed by atoms with van der Waals surface area (Å²) in [6.07, 6.45) is 1.85. The van der Waals surface area contributed by atoms with Crippen molar-refractivity contribution in [2.75, 3.05) is 0 Å². The van der Waals surface area contributed by atoms with Gasteiger partial charge in [-0.1, -0.05) is 42.5 Å². The SMILES string of the molecule is Fc1cc(F)cc(-c2ccc(-n3c4ccc5ccc6c7c5c4c4c5c(ccc43)ccc(c57)n6-c3ccccn3)cc2)c1. The number of rotatable bonds is 3. The van der Waals surface area contributed by atoms with E-state index < -0.39 is 11.6 Å². The van der Waals surface area contributed by atoms with Crippen LogP contribution in [0.25, 0.3) is 87.8 Å². The predicted octanol–water partition coefficient (Wildman–Crippen LogP) is 9.84. The van der Waals surface area contributed by atoms with Crippen LogP contribution >= 0.6 is 0 Å². The molecule has 0 radical (unpaired) electrons. The van der Waals surface area contributed by atoms with Gasteiger partial charge in [-0.15, -0.1) is 0 Å². The fourth-order valence-corrected chi connectivity index (χ4v) is 7.34. The molecule has 0 amide bonds. The molecule has 0 aliphatic rings. The Bertz CT molecular complexity index is 2490. The standard InChI is InChI=1S/C37H19F2N3/c38-24-17-23(18-25(39)19-24)20-4-10-26(11-5-20)41-27-12-6-21-8-14-29-36-32(21)34(27)35-28(41)13-7-22-9-15-30(37(36)33(22)35)42(29)31-3-1-2-16-40-31/h1-19H. The third-order valence-corrected chi connectivity index (χ3v) is 8.95. The molecular formula is C37H19F2N3. The average Bonchev–Trinajstić information content (AvgIpc) is 3.55. The molecule has 3 aromatic heterocycles. The van der Waals surface area contributed by atoms with Gasteiger partial charge in [0.2, 0.25) is 0 Å². The van der Waals surface area contributed by atoms with Crippen molar-refractivity contribution in [3.63, 3.8) is 0 Å². The summed E-state index contributed by atoms with van der Waals surface area (Å²) in [5, 5.41) is 10.0. The van der Waals surface area contributed by atoms with Crippen molar-refractivity contribution in [3.8, 4) is 22.6 Å². The highest BCUT2D eigenvalue weighted by atomic mass is 19.1. The first-order valence-electron chi connectivity index (χ1n) is 13.9. The van der Waals surface area contributed by atoms with Crippen LogP contribution in [0.3, 0.4) is 0 Å². The third kappa shape index (κ3) is 2.66. The van der Waals surface area contributed by atoms with E-state index in [1.807, 2.05) is 42.6 Å². The molecule has 0 aliphatic heterocycles. The molecule has 0 atom stereocenters. The summed E-state index contributed by atoms with van der Waals surface area (Å²) in [7, 11) is 0. The largest absolute Gasteiger partial charge is 0.309 e. The number of benzene rings is 7. The van der Waals surface area contributed by atoms with E-state index in [0.29, 0.717) is 5.56 Å². The Balaban J connectivity index is 1.32. The topological polar surface area (TPSA) is 22.8 Å². The van der Waals surface area contributed by atoms with Crippen molar-refractivity contribution in [1.29, 1.82) is 0 Å². The molecule has 0 fully saturated rings. The highest BCUT2D eigenvalue weighted by Gasteiger charge is 2.27. The second-order valence-corrected chi connectivity index (χ2v) is 11.1. The van der Waals surface area contributed by atoms with Gasteiger partial charge in [-0.25, -0.2) is 13.8 Å². The Hall–Kier alpha value is -5.55. The lowest BCUT2D eigenvalue weighted by atomic mass is 9.90. The summed E-state index contributed by atoms with van der Waals surface area (Å²) in [4.78, 5) is 4.73. The van der Waals surface area contributed by atoms with Crippen LogP contribution in [0.1, 0.15) is 0 Å². The number of hydrogen-bond acceptors (Lipinski definition) is 1. The van der Waals surface area contributed by atoms with E-state index in [0.717, 1.165) is 45.2 Å². The quantitative estimate of drug-likeness (QED) is 0.161. The maximum absolute atomic E-state index is 13.9. The van der Waals surface area contributed by atoms with Crippen molar-refractivity contribution in [3.05, 3.63) is 127 Å². The Morgan fingerprint density at radius 1 is 0.452 bits per heavy atom. The second kappa shape index (κ2) is 7.59. The Morgan fingerprint density at radius 2 is 0.976 bits per heavy atom. The van der Waals surface area contributed by atoms with E-state index in [9.17, 15) is 8.78 Å². The zero-order valence-corrected chi connectivity index (χ0v) is 22.1. The van der Waals surface area contributed by atoms with E-state index in [1.165, 1.54) is 55.2 Å². The minimum Gasteiger partial charge on any atom is -0.309 e. The van der Waals surface area contributed by atoms with Gasteiger partial charge in [-0.3, -0.25) is 4.57 Å². The normalized spacial score (nSPS) is 12.5. The number of hydrogen-bond donors (Lipinski definition) is 0. The lowest BCUT2D eigenvalue weighted by molar-refractivity contribution is 0.584. The molecule has 0 spiro atoms. The lowest BCUT2D eigenvalue weighted by Gasteiger charge is -2.11. The first kappa shape index (κ1) is 22.2. The van der Waals surface area contributed by atoms with E-state index >= 15 is 0 Å². The lowest BCUT2D eigenvalue weighted by Crippen LogP contribution is -1.96. The van der Waals surface area contributed by atoms with Crippen LogP contribution in [0, 0.1) is 11.6 Å². The summed E-state index contributed by atoms with van der Waals surface area (Å²) in [6.45, 7) is 0. The monoisotopic (exact) mass is 543 g/mol. The molecule has 0 N–H and O–H groups in total. The van der Waals surface area contributed by atoms with Gasteiger partial charge in [0.25, 0.3) is 0 Å². The molecule has 7 aromatic carbocycles. The minimum atomic E-state index is -0.581. The van der Waals surface area contributed by atoms with E-state index in [2.05, 4.69) is 63.7 Å². The number of halogens is 2. The summed E-state index contributed by atoms with van der Waals surface area (Å²) in [5.74, 6) is -0.255. The average molecular weight is 544 g/mol. The molecule has 42 heavy (non-hydrogen) atoms. The first-order chi connectivity index (χ1) is 20.7. The molecular weight excluding hydrogens is 524 g/mol. The molecule has 10 rings (SSSR count). The molecule has 3 heterocycles. The van der Waals surface area contributed by atoms with Gasteiger partial charge in [0.15, 0.2) is 0 Å².